The van der Waals surface area contributed by atoms with Crippen LogP contribution in [0, 0.1) is 5.92 Å². The van der Waals surface area contributed by atoms with Crippen molar-refractivity contribution in [3.63, 3.8) is 0 Å². The highest BCUT2D eigenvalue weighted by Gasteiger charge is 2.34. The minimum absolute atomic E-state index is 0.0499. The Morgan fingerprint density at radius 2 is 2.10 bits per heavy atom. The highest BCUT2D eigenvalue weighted by Crippen LogP contribution is 2.29. The van der Waals surface area contributed by atoms with Crippen LogP contribution in [-0.4, -0.2) is 24.4 Å². The molecule has 0 bridgehead atoms. The van der Waals surface area contributed by atoms with Crippen molar-refractivity contribution in [1.29, 1.82) is 0 Å². The molecule has 2 amide bonds. The molecule has 0 aromatic heterocycles. The van der Waals surface area contributed by atoms with Gasteiger partial charge >= 0.3 is 0 Å². The summed E-state index contributed by atoms with van der Waals surface area (Å²) >= 11 is 0. The SMILES string of the molecule is C[C@H]1C[C@H]1NC(=O)CN1C(=O)CCCc2ccccc21. The number of carbonyl (C=O) groups is 2. The fourth-order valence-corrected chi connectivity index (χ4v) is 2.78. The van der Waals surface area contributed by atoms with Gasteiger partial charge in [-0.15, -0.1) is 0 Å². The van der Waals surface area contributed by atoms with E-state index in [4.69, 9.17) is 0 Å². The number of hydrogen-bond donors (Lipinski definition) is 1. The molecule has 4 nitrogen and oxygen atoms in total. The van der Waals surface area contributed by atoms with Gasteiger partial charge in [0.25, 0.3) is 0 Å². The van der Waals surface area contributed by atoms with Crippen molar-refractivity contribution in [2.75, 3.05) is 11.4 Å². The summed E-state index contributed by atoms with van der Waals surface area (Å²) in [6.07, 6.45) is 3.32. The number of rotatable bonds is 3. The summed E-state index contributed by atoms with van der Waals surface area (Å²) in [5.41, 5.74) is 2.06. The third-order valence-electron chi connectivity index (χ3n) is 4.18. The fourth-order valence-electron chi connectivity index (χ4n) is 2.78. The summed E-state index contributed by atoms with van der Waals surface area (Å²) in [5.74, 6) is 0.574. The average Bonchev–Trinajstić information content (AvgIpc) is 3.14. The van der Waals surface area contributed by atoms with Gasteiger partial charge in [0, 0.05) is 18.2 Å². The lowest BCUT2D eigenvalue weighted by atomic mass is 10.1. The van der Waals surface area contributed by atoms with Crippen LogP contribution in [0.5, 0.6) is 0 Å². The molecule has 1 saturated carbocycles. The van der Waals surface area contributed by atoms with Crippen LogP contribution in [0.25, 0.3) is 0 Å². The Morgan fingerprint density at radius 1 is 1.35 bits per heavy atom. The predicted molar refractivity (Wildman–Crippen MR) is 77.4 cm³/mol. The van der Waals surface area contributed by atoms with Crippen LogP contribution in [0.3, 0.4) is 0 Å². The van der Waals surface area contributed by atoms with Crippen LogP contribution in [-0.2, 0) is 16.0 Å². The van der Waals surface area contributed by atoms with Crippen molar-refractivity contribution in [1.82, 2.24) is 5.32 Å². The number of amides is 2. The number of anilines is 1. The van der Waals surface area contributed by atoms with Crippen molar-refractivity contribution in [2.24, 2.45) is 5.92 Å². The second kappa shape index (κ2) is 5.27. The van der Waals surface area contributed by atoms with Crippen molar-refractivity contribution in [3.05, 3.63) is 29.8 Å². The minimum atomic E-state index is -0.0515. The number of hydrogen-bond acceptors (Lipinski definition) is 2. The summed E-state index contributed by atoms with van der Waals surface area (Å²) in [4.78, 5) is 25.9. The maximum Gasteiger partial charge on any atom is 0.240 e. The van der Waals surface area contributed by atoms with Crippen molar-refractivity contribution < 1.29 is 9.59 Å². The molecule has 4 heteroatoms. The van der Waals surface area contributed by atoms with Gasteiger partial charge in [-0.05, 0) is 36.8 Å². The van der Waals surface area contributed by atoms with Gasteiger partial charge < -0.3 is 10.2 Å². The van der Waals surface area contributed by atoms with E-state index in [-0.39, 0.29) is 18.4 Å². The molecule has 0 saturated heterocycles. The smallest absolute Gasteiger partial charge is 0.240 e. The molecule has 1 N–H and O–H groups in total. The Kier molecular flexibility index (Phi) is 3.47. The molecule has 106 valence electrons. The van der Waals surface area contributed by atoms with Crippen LogP contribution in [0.1, 0.15) is 31.7 Å². The van der Waals surface area contributed by atoms with E-state index in [0.29, 0.717) is 18.4 Å². The summed E-state index contributed by atoms with van der Waals surface area (Å²) in [6.45, 7) is 2.26. The van der Waals surface area contributed by atoms with Gasteiger partial charge in [0.15, 0.2) is 0 Å². The molecular weight excluding hydrogens is 252 g/mol. The number of benzene rings is 1. The number of aryl methyl sites for hydroxylation is 1. The molecule has 0 radical (unpaired) electrons. The molecule has 2 aliphatic rings. The summed E-state index contributed by atoms with van der Waals surface area (Å²) in [6, 6.07) is 8.19. The maximum absolute atomic E-state index is 12.2. The maximum atomic E-state index is 12.2. The van der Waals surface area contributed by atoms with E-state index >= 15 is 0 Å². The topological polar surface area (TPSA) is 49.4 Å². The first-order valence-corrected chi connectivity index (χ1v) is 7.33. The van der Waals surface area contributed by atoms with Crippen LogP contribution in [0.2, 0.25) is 0 Å². The van der Waals surface area contributed by atoms with Crippen LogP contribution < -0.4 is 10.2 Å². The highest BCUT2D eigenvalue weighted by molar-refractivity contribution is 5.99. The van der Waals surface area contributed by atoms with E-state index < -0.39 is 0 Å². The zero-order valence-corrected chi connectivity index (χ0v) is 11.8. The minimum Gasteiger partial charge on any atom is -0.352 e. The Labute approximate surface area is 119 Å². The second-order valence-corrected chi connectivity index (χ2v) is 5.85. The number of nitrogens with zero attached hydrogens (tertiary/aromatic N) is 1. The van der Waals surface area contributed by atoms with Gasteiger partial charge in [0.1, 0.15) is 6.54 Å². The first-order valence-electron chi connectivity index (χ1n) is 7.33. The monoisotopic (exact) mass is 272 g/mol. The van der Waals surface area contributed by atoms with Gasteiger partial charge in [0.2, 0.25) is 11.8 Å². The lowest BCUT2D eigenvalue weighted by Crippen LogP contribution is -2.41. The molecule has 1 aliphatic heterocycles. The summed E-state index contributed by atoms with van der Waals surface area (Å²) < 4.78 is 0. The van der Waals surface area contributed by atoms with Crippen LogP contribution in [0.4, 0.5) is 5.69 Å². The standard InChI is InChI=1S/C16H20N2O2/c1-11-9-13(11)17-15(19)10-18-14-7-3-2-5-12(14)6-4-8-16(18)20/h2-3,5,7,11,13H,4,6,8-10H2,1H3,(H,17,19)/t11-,13+/m0/s1. The number of fused-ring (bicyclic) bond motifs is 1. The molecule has 1 heterocycles. The quantitative estimate of drug-likeness (QED) is 0.913. The normalized spacial score (nSPS) is 24.9. The van der Waals surface area contributed by atoms with E-state index in [9.17, 15) is 9.59 Å². The Bertz CT molecular complexity index is 541. The first-order chi connectivity index (χ1) is 9.65. The molecule has 1 fully saturated rings. The Hall–Kier alpha value is -1.84. The lowest BCUT2D eigenvalue weighted by molar-refractivity contribution is -0.124. The van der Waals surface area contributed by atoms with E-state index in [1.807, 2.05) is 24.3 Å². The van der Waals surface area contributed by atoms with E-state index in [2.05, 4.69) is 12.2 Å². The molecule has 0 unspecified atom stereocenters. The Morgan fingerprint density at radius 3 is 2.85 bits per heavy atom. The molecule has 1 aromatic rings. The predicted octanol–water partition coefficient (Wildman–Crippen LogP) is 1.88. The number of carbonyl (C=O) groups excluding carboxylic acids is 2. The molecule has 1 aromatic carbocycles. The number of nitrogens with one attached hydrogen (secondary N) is 1. The molecule has 20 heavy (non-hydrogen) atoms. The van der Waals surface area contributed by atoms with Crippen LogP contribution in [0.15, 0.2) is 24.3 Å². The highest BCUT2D eigenvalue weighted by atomic mass is 16.2. The third kappa shape index (κ3) is 2.69. The largest absolute Gasteiger partial charge is 0.352 e. The van der Waals surface area contributed by atoms with Gasteiger partial charge in [-0.2, -0.15) is 0 Å². The van der Waals surface area contributed by atoms with Gasteiger partial charge in [0.05, 0.1) is 0 Å². The van der Waals surface area contributed by atoms with Gasteiger partial charge in [-0.25, -0.2) is 0 Å². The molecule has 1 aliphatic carbocycles. The van der Waals surface area contributed by atoms with Gasteiger partial charge in [-0.1, -0.05) is 25.1 Å². The first kappa shape index (κ1) is 13.2. The zero-order chi connectivity index (χ0) is 14.1. The third-order valence-corrected chi connectivity index (χ3v) is 4.18. The van der Waals surface area contributed by atoms with E-state index in [0.717, 1.165) is 30.5 Å². The zero-order valence-electron chi connectivity index (χ0n) is 11.8. The van der Waals surface area contributed by atoms with Gasteiger partial charge in [-0.3, -0.25) is 9.59 Å². The molecule has 3 rings (SSSR count). The number of para-hydroxylation sites is 1. The lowest BCUT2D eigenvalue weighted by Gasteiger charge is -2.22. The van der Waals surface area contributed by atoms with E-state index in [1.54, 1.807) is 4.90 Å². The molecule has 2 atom stereocenters. The van der Waals surface area contributed by atoms with E-state index in [1.165, 1.54) is 0 Å². The molecule has 0 spiro atoms. The van der Waals surface area contributed by atoms with Crippen molar-refractivity contribution >= 4 is 17.5 Å². The second-order valence-electron chi connectivity index (χ2n) is 5.85. The van der Waals surface area contributed by atoms with Crippen molar-refractivity contribution in [3.8, 4) is 0 Å². The molecular formula is C16H20N2O2. The summed E-state index contributed by atoms with van der Waals surface area (Å²) in [7, 11) is 0. The van der Waals surface area contributed by atoms with Crippen LogP contribution >= 0.6 is 0 Å². The summed E-state index contributed by atoms with van der Waals surface area (Å²) in [5, 5.41) is 2.99. The van der Waals surface area contributed by atoms with Crippen molar-refractivity contribution in [2.45, 2.75) is 38.6 Å². The fraction of sp³-hybridized carbons (Fsp3) is 0.500. The average molecular weight is 272 g/mol. The Balaban J connectivity index is 1.76.